The van der Waals surface area contributed by atoms with Gasteiger partial charge in [-0.3, -0.25) is 9.59 Å². The SMILES string of the molecule is CCn1c(=NC(=O)CS(=O)(=O)CC(=O)N2CCCCC2)sc2cc(F)ccc21. The molecule has 0 saturated carbocycles. The number of aromatic nitrogens is 1. The Labute approximate surface area is 166 Å². The summed E-state index contributed by atoms with van der Waals surface area (Å²) in [5.74, 6) is -3.19. The van der Waals surface area contributed by atoms with E-state index in [1.54, 1.807) is 10.6 Å². The average molecular weight is 428 g/mol. The van der Waals surface area contributed by atoms with Crippen molar-refractivity contribution in [1.82, 2.24) is 9.47 Å². The number of carbonyl (C=O) groups is 2. The lowest BCUT2D eigenvalue weighted by atomic mass is 10.1. The van der Waals surface area contributed by atoms with Crippen LogP contribution in [-0.4, -0.2) is 54.3 Å². The number of piperidine rings is 1. The predicted octanol–water partition coefficient (Wildman–Crippen LogP) is 1.72. The first-order chi connectivity index (χ1) is 13.3. The van der Waals surface area contributed by atoms with Crippen molar-refractivity contribution in [3.63, 3.8) is 0 Å². The van der Waals surface area contributed by atoms with Crippen molar-refractivity contribution in [2.75, 3.05) is 24.6 Å². The van der Waals surface area contributed by atoms with Crippen LogP contribution >= 0.6 is 11.3 Å². The molecule has 7 nitrogen and oxygen atoms in total. The zero-order valence-corrected chi connectivity index (χ0v) is 17.2. The van der Waals surface area contributed by atoms with Crippen LogP contribution in [0.1, 0.15) is 26.2 Å². The molecule has 0 aliphatic carbocycles. The summed E-state index contributed by atoms with van der Waals surface area (Å²) in [6, 6.07) is 4.27. The average Bonchev–Trinajstić information content (AvgIpc) is 2.97. The van der Waals surface area contributed by atoms with E-state index in [0.717, 1.165) is 36.1 Å². The number of fused-ring (bicyclic) bond motifs is 1. The number of hydrogen-bond acceptors (Lipinski definition) is 5. The van der Waals surface area contributed by atoms with Gasteiger partial charge >= 0.3 is 0 Å². The molecule has 28 heavy (non-hydrogen) atoms. The molecule has 3 rings (SSSR count). The number of sulfone groups is 1. The molecule has 1 aliphatic rings. The molecule has 1 aromatic carbocycles. The van der Waals surface area contributed by atoms with Gasteiger partial charge in [0.05, 0.1) is 10.2 Å². The Morgan fingerprint density at radius 2 is 1.89 bits per heavy atom. The first kappa shape index (κ1) is 20.7. The highest BCUT2D eigenvalue weighted by Gasteiger charge is 2.25. The zero-order valence-electron chi connectivity index (χ0n) is 15.6. The number of benzene rings is 1. The largest absolute Gasteiger partial charge is 0.342 e. The molecule has 1 saturated heterocycles. The van der Waals surface area contributed by atoms with Gasteiger partial charge in [0, 0.05) is 19.6 Å². The van der Waals surface area contributed by atoms with Gasteiger partial charge in [0.25, 0.3) is 5.91 Å². The number of carbonyl (C=O) groups excluding carboxylic acids is 2. The van der Waals surface area contributed by atoms with Gasteiger partial charge in [0.2, 0.25) is 5.91 Å². The van der Waals surface area contributed by atoms with Crippen molar-refractivity contribution in [2.45, 2.75) is 32.7 Å². The maximum atomic E-state index is 13.4. The van der Waals surface area contributed by atoms with Crippen molar-refractivity contribution in [3.8, 4) is 0 Å². The summed E-state index contributed by atoms with van der Waals surface area (Å²) in [7, 11) is -3.90. The summed E-state index contributed by atoms with van der Waals surface area (Å²) in [4.78, 5) is 30.2. The number of amides is 2. The molecule has 0 spiro atoms. The molecule has 1 aliphatic heterocycles. The molecule has 0 N–H and O–H groups in total. The van der Waals surface area contributed by atoms with E-state index in [1.165, 1.54) is 17.0 Å². The highest BCUT2D eigenvalue weighted by molar-refractivity contribution is 7.92. The summed E-state index contributed by atoms with van der Waals surface area (Å²) >= 11 is 1.12. The molecule has 0 radical (unpaired) electrons. The fraction of sp³-hybridized carbons (Fsp3) is 0.500. The Hall–Kier alpha value is -2.07. The molecule has 0 unspecified atom stereocenters. The zero-order chi connectivity index (χ0) is 20.3. The third kappa shape index (κ3) is 4.85. The molecular weight excluding hydrogens is 405 g/mol. The second-order valence-electron chi connectivity index (χ2n) is 6.72. The first-order valence-corrected chi connectivity index (χ1v) is 11.8. The van der Waals surface area contributed by atoms with Crippen LogP contribution in [0.3, 0.4) is 0 Å². The maximum absolute atomic E-state index is 13.4. The Bertz CT molecular complexity index is 1070. The van der Waals surface area contributed by atoms with Crippen LogP contribution in [0.4, 0.5) is 4.39 Å². The van der Waals surface area contributed by atoms with E-state index in [-0.39, 0.29) is 0 Å². The van der Waals surface area contributed by atoms with Crippen LogP contribution in [0.15, 0.2) is 23.2 Å². The molecule has 2 amide bonds. The van der Waals surface area contributed by atoms with Crippen LogP contribution < -0.4 is 4.80 Å². The molecule has 152 valence electrons. The lowest BCUT2D eigenvalue weighted by molar-refractivity contribution is -0.129. The number of halogens is 1. The lowest BCUT2D eigenvalue weighted by Gasteiger charge is -2.26. The van der Waals surface area contributed by atoms with Crippen LogP contribution in [-0.2, 0) is 26.0 Å². The molecule has 1 fully saturated rings. The number of nitrogens with zero attached hydrogens (tertiary/aromatic N) is 3. The van der Waals surface area contributed by atoms with Crippen molar-refractivity contribution >= 4 is 43.2 Å². The van der Waals surface area contributed by atoms with E-state index >= 15 is 0 Å². The standard InChI is InChI=1S/C18H22FN3O4S2/c1-2-22-14-7-6-13(19)10-15(14)27-18(22)20-16(23)11-28(25,26)12-17(24)21-8-4-3-5-9-21/h6-7,10H,2-5,8-9,11-12H2,1H3. The summed E-state index contributed by atoms with van der Waals surface area (Å²) in [5, 5.41) is 0. The monoisotopic (exact) mass is 427 g/mol. The van der Waals surface area contributed by atoms with Crippen molar-refractivity contribution in [3.05, 3.63) is 28.8 Å². The van der Waals surface area contributed by atoms with Gasteiger partial charge in [0.15, 0.2) is 14.6 Å². The van der Waals surface area contributed by atoms with Gasteiger partial charge in [-0.2, -0.15) is 4.99 Å². The Balaban J connectivity index is 1.77. The Morgan fingerprint density at radius 1 is 1.18 bits per heavy atom. The summed E-state index contributed by atoms with van der Waals surface area (Å²) < 4.78 is 40.3. The first-order valence-electron chi connectivity index (χ1n) is 9.14. The van der Waals surface area contributed by atoms with Crippen LogP contribution in [0.25, 0.3) is 10.2 Å². The van der Waals surface area contributed by atoms with Crippen molar-refractivity contribution < 1.29 is 22.4 Å². The van der Waals surface area contributed by atoms with Crippen LogP contribution in [0.5, 0.6) is 0 Å². The van der Waals surface area contributed by atoms with Crippen molar-refractivity contribution in [1.29, 1.82) is 0 Å². The molecule has 1 aromatic heterocycles. The Morgan fingerprint density at radius 3 is 2.57 bits per heavy atom. The number of hydrogen-bond donors (Lipinski definition) is 0. The summed E-state index contributed by atoms with van der Waals surface area (Å²) in [6.45, 7) is 3.47. The van der Waals surface area contributed by atoms with Gasteiger partial charge in [-0.05, 0) is 44.4 Å². The van der Waals surface area contributed by atoms with Gasteiger partial charge in [-0.15, -0.1) is 0 Å². The minimum absolute atomic E-state index is 0.311. The second-order valence-corrected chi connectivity index (χ2v) is 9.79. The highest BCUT2D eigenvalue weighted by Crippen LogP contribution is 2.18. The van der Waals surface area contributed by atoms with Gasteiger partial charge in [0.1, 0.15) is 17.3 Å². The number of thiazole rings is 1. The predicted molar refractivity (Wildman–Crippen MR) is 105 cm³/mol. The fourth-order valence-corrected chi connectivity index (χ4v) is 5.48. The smallest absolute Gasteiger partial charge is 0.263 e. The fourth-order valence-electron chi connectivity index (χ4n) is 3.24. The summed E-state index contributed by atoms with van der Waals surface area (Å²) in [5.41, 5.74) is 0.726. The minimum Gasteiger partial charge on any atom is -0.342 e. The quantitative estimate of drug-likeness (QED) is 0.727. The maximum Gasteiger partial charge on any atom is 0.263 e. The van der Waals surface area contributed by atoms with E-state index < -0.39 is 39.0 Å². The third-order valence-corrected chi connectivity index (χ3v) is 6.99. The van der Waals surface area contributed by atoms with E-state index in [2.05, 4.69) is 4.99 Å². The van der Waals surface area contributed by atoms with Crippen molar-refractivity contribution in [2.24, 2.45) is 4.99 Å². The molecule has 10 heteroatoms. The summed E-state index contributed by atoms with van der Waals surface area (Å²) in [6.07, 6.45) is 2.76. The molecule has 2 aromatic rings. The van der Waals surface area contributed by atoms with E-state index in [1.807, 2.05) is 6.92 Å². The van der Waals surface area contributed by atoms with E-state index in [0.29, 0.717) is 29.1 Å². The number of aryl methyl sites for hydroxylation is 1. The molecular formula is C18H22FN3O4S2. The minimum atomic E-state index is -3.90. The van der Waals surface area contributed by atoms with Crippen LogP contribution in [0.2, 0.25) is 0 Å². The second kappa shape index (κ2) is 8.52. The van der Waals surface area contributed by atoms with Crippen LogP contribution in [0, 0.1) is 5.82 Å². The topological polar surface area (TPSA) is 88.8 Å². The van der Waals surface area contributed by atoms with Gasteiger partial charge in [-0.1, -0.05) is 11.3 Å². The lowest BCUT2D eigenvalue weighted by Crippen LogP contribution is -2.40. The normalized spacial score (nSPS) is 15.9. The Kier molecular flexibility index (Phi) is 6.29. The van der Waals surface area contributed by atoms with E-state index in [9.17, 15) is 22.4 Å². The number of likely N-dealkylation sites (tertiary alicyclic amines) is 1. The molecule has 0 bridgehead atoms. The highest BCUT2D eigenvalue weighted by atomic mass is 32.2. The third-order valence-electron chi connectivity index (χ3n) is 4.58. The van der Waals surface area contributed by atoms with Gasteiger partial charge < -0.3 is 9.47 Å². The molecule has 2 heterocycles. The van der Waals surface area contributed by atoms with Gasteiger partial charge in [-0.25, -0.2) is 12.8 Å². The molecule has 0 atom stereocenters. The number of rotatable bonds is 5. The van der Waals surface area contributed by atoms with E-state index in [4.69, 9.17) is 0 Å².